The van der Waals surface area contributed by atoms with Crippen LogP contribution < -0.4 is 5.32 Å². The van der Waals surface area contributed by atoms with Crippen LogP contribution in [0.4, 0.5) is 0 Å². The number of hydrogen-bond donors (Lipinski definition) is 1. The number of rotatable bonds is 7. The average molecular weight is 460 g/mol. The van der Waals surface area contributed by atoms with E-state index in [1.165, 1.54) is 34.9 Å². The molecule has 1 atom stereocenters. The maximum Gasteiger partial charge on any atom is 0.246 e. The lowest BCUT2D eigenvalue weighted by Gasteiger charge is -2.23. The lowest BCUT2D eigenvalue weighted by Crippen LogP contribution is -2.36. The van der Waals surface area contributed by atoms with E-state index < -0.39 is 0 Å². The van der Waals surface area contributed by atoms with Crippen molar-refractivity contribution in [2.45, 2.75) is 45.8 Å². The van der Waals surface area contributed by atoms with Crippen molar-refractivity contribution in [3.05, 3.63) is 70.8 Å². The molecule has 0 saturated carbocycles. The molecule has 0 radical (unpaired) electrons. The molecule has 2 heterocycles. The largest absolute Gasteiger partial charge is 0.375 e. The molecule has 1 N–H and O–H groups in total. The minimum absolute atomic E-state index is 0.0455. The third-order valence-corrected chi connectivity index (χ3v) is 6.95. The Bertz CT molecular complexity index is 1190. The van der Waals surface area contributed by atoms with Gasteiger partial charge in [-0.25, -0.2) is 0 Å². The molecule has 178 valence electrons. The number of fused-ring (bicyclic) bond motifs is 4. The minimum atomic E-state index is -0.186. The van der Waals surface area contributed by atoms with Gasteiger partial charge in [0, 0.05) is 39.7 Å². The van der Waals surface area contributed by atoms with E-state index in [0.29, 0.717) is 0 Å². The lowest BCUT2D eigenvalue weighted by atomic mass is 10.0. The number of nitrogens with one attached hydrogen (secondary N) is 1. The smallest absolute Gasteiger partial charge is 0.246 e. The zero-order chi connectivity index (χ0) is 23.7. The van der Waals surface area contributed by atoms with Gasteiger partial charge in [0.05, 0.1) is 6.04 Å². The lowest BCUT2D eigenvalue weighted by molar-refractivity contribution is -0.125. The van der Waals surface area contributed by atoms with Crippen molar-refractivity contribution in [3.8, 4) is 11.1 Å². The van der Waals surface area contributed by atoms with Crippen LogP contribution in [0, 0.1) is 5.92 Å². The molecule has 2 aliphatic rings. The summed E-state index contributed by atoms with van der Waals surface area (Å²) in [5.74, 6) is 1.90. The Morgan fingerprint density at radius 3 is 2.71 bits per heavy atom. The molecule has 1 amide bonds. The average Bonchev–Trinajstić information content (AvgIpc) is 3.33. The van der Waals surface area contributed by atoms with E-state index in [1.807, 2.05) is 0 Å². The van der Waals surface area contributed by atoms with Crippen LogP contribution in [-0.2, 0) is 35.5 Å². The number of benzene rings is 2. The van der Waals surface area contributed by atoms with Crippen LogP contribution in [0.15, 0.2) is 42.5 Å². The molecule has 0 fully saturated rings. The monoisotopic (exact) mass is 459 g/mol. The van der Waals surface area contributed by atoms with Crippen molar-refractivity contribution in [1.82, 2.24) is 25.0 Å². The molecule has 1 unspecified atom stereocenters. The summed E-state index contributed by atoms with van der Waals surface area (Å²) in [7, 11) is 1.53. The predicted octanol–water partition coefficient (Wildman–Crippen LogP) is 3.37. The van der Waals surface area contributed by atoms with Crippen molar-refractivity contribution in [2.75, 3.05) is 26.8 Å². The third kappa shape index (κ3) is 4.50. The number of carbonyl (C=O) groups is 1. The Morgan fingerprint density at radius 1 is 1.06 bits per heavy atom. The fourth-order valence-corrected chi connectivity index (χ4v) is 5.21. The van der Waals surface area contributed by atoms with Gasteiger partial charge >= 0.3 is 0 Å². The quantitative estimate of drug-likeness (QED) is 0.459. The predicted molar refractivity (Wildman–Crippen MR) is 131 cm³/mol. The molecule has 0 saturated heterocycles. The summed E-state index contributed by atoms with van der Waals surface area (Å²) in [5, 5.41) is 12.0. The summed E-state index contributed by atoms with van der Waals surface area (Å²) in [6.07, 6.45) is 1.87. The first kappa shape index (κ1) is 22.7. The summed E-state index contributed by atoms with van der Waals surface area (Å²) < 4.78 is 7.19. The normalized spacial score (nSPS) is 16.0. The number of hydrogen-bond acceptors (Lipinski definition) is 5. The summed E-state index contributed by atoms with van der Waals surface area (Å²) in [4.78, 5) is 14.7. The molecule has 1 aromatic heterocycles. The summed E-state index contributed by atoms with van der Waals surface area (Å²) in [6, 6.07) is 15.5. The van der Waals surface area contributed by atoms with Gasteiger partial charge in [-0.3, -0.25) is 9.69 Å². The zero-order valence-corrected chi connectivity index (χ0v) is 20.3. The van der Waals surface area contributed by atoms with Gasteiger partial charge in [-0.15, -0.1) is 10.2 Å². The highest BCUT2D eigenvalue weighted by Crippen LogP contribution is 2.37. The standard InChI is InChI=1S/C27H33N5O2/c1-18(2)26(28-25(33)17-34-3)27-30-29-24-10-11-31(12-13-32(24)27)16-19-8-9-23-21(14-19)15-20-6-4-5-7-22(20)23/h4-9,14,18,26H,10-13,15-17H2,1-3H3,(H,28,33). The van der Waals surface area contributed by atoms with Crippen LogP contribution in [0.5, 0.6) is 0 Å². The fraction of sp³-hybridized carbons (Fsp3) is 0.444. The van der Waals surface area contributed by atoms with E-state index >= 15 is 0 Å². The van der Waals surface area contributed by atoms with Gasteiger partial charge in [0.1, 0.15) is 12.4 Å². The highest BCUT2D eigenvalue weighted by atomic mass is 16.5. The van der Waals surface area contributed by atoms with Crippen LogP contribution in [-0.4, -0.2) is 52.4 Å². The van der Waals surface area contributed by atoms with Crippen LogP contribution >= 0.6 is 0 Å². The van der Waals surface area contributed by atoms with Crippen molar-refractivity contribution >= 4 is 5.91 Å². The Morgan fingerprint density at radius 2 is 1.88 bits per heavy atom. The second-order valence-electron chi connectivity index (χ2n) is 9.70. The Kier molecular flexibility index (Phi) is 6.48. The number of methoxy groups -OCH3 is 1. The minimum Gasteiger partial charge on any atom is -0.375 e. The maximum atomic E-state index is 12.2. The van der Waals surface area contributed by atoms with Gasteiger partial charge in [-0.05, 0) is 40.2 Å². The maximum absolute atomic E-state index is 12.2. The SMILES string of the molecule is COCC(=O)NC(c1nnc2n1CCN(Cc1ccc3c(c1)Cc1ccccc1-3)CC2)C(C)C. The topological polar surface area (TPSA) is 72.3 Å². The van der Waals surface area contributed by atoms with E-state index in [4.69, 9.17) is 4.74 Å². The molecule has 1 aliphatic carbocycles. The van der Waals surface area contributed by atoms with Crippen molar-refractivity contribution in [1.29, 1.82) is 0 Å². The van der Waals surface area contributed by atoms with Crippen molar-refractivity contribution in [3.63, 3.8) is 0 Å². The molecule has 5 rings (SSSR count). The van der Waals surface area contributed by atoms with E-state index in [-0.39, 0.29) is 24.5 Å². The second-order valence-corrected chi connectivity index (χ2v) is 9.70. The highest BCUT2D eigenvalue weighted by Gasteiger charge is 2.27. The van der Waals surface area contributed by atoms with Crippen LogP contribution in [0.2, 0.25) is 0 Å². The molecule has 1 aliphatic heterocycles. The molecular formula is C27H33N5O2. The molecular weight excluding hydrogens is 426 g/mol. The van der Waals surface area contributed by atoms with Crippen molar-refractivity contribution in [2.24, 2.45) is 5.92 Å². The van der Waals surface area contributed by atoms with Crippen molar-refractivity contribution < 1.29 is 9.53 Å². The third-order valence-electron chi connectivity index (χ3n) is 6.95. The highest BCUT2D eigenvalue weighted by molar-refractivity contribution is 5.78. The number of aromatic nitrogens is 3. The number of carbonyl (C=O) groups excluding carboxylic acids is 1. The molecule has 0 bridgehead atoms. The van der Waals surface area contributed by atoms with Gasteiger partial charge in [-0.1, -0.05) is 56.3 Å². The Labute approximate surface area is 201 Å². The summed E-state index contributed by atoms with van der Waals surface area (Å²) >= 11 is 0. The fourth-order valence-electron chi connectivity index (χ4n) is 5.21. The van der Waals surface area contributed by atoms with Gasteiger partial charge < -0.3 is 14.6 Å². The van der Waals surface area contributed by atoms with E-state index in [0.717, 1.165) is 50.7 Å². The summed E-state index contributed by atoms with van der Waals surface area (Å²) in [5.41, 5.74) is 6.96. The first-order valence-corrected chi connectivity index (χ1v) is 12.2. The second kappa shape index (κ2) is 9.68. The van der Waals surface area contributed by atoms with Gasteiger partial charge in [0.25, 0.3) is 0 Å². The van der Waals surface area contributed by atoms with Gasteiger partial charge in [0.15, 0.2) is 5.82 Å². The number of amides is 1. The number of ether oxygens (including phenoxy) is 1. The summed E-state index contributed by atoms with van der Waals surface area (Å²) in [6.45, 7) is 7.84. The first-order valence-electron chi connectivity index (χ1n) is 12.2. The Balaban J connectivity index is 1.28. The van der Waals surface area contributed by atoms with E-state index in [9.17, 15) is 4.79 Å². The van der Waals surface area contributed by atoms with E-state index in [2.05, 4.69) is 81.3 Å². The molecule has 7 heteroatoms. The molecule has 3 aromatic rings. The van der Waals surface area contributed by atoms with Gasteiger partial charge in [0.2, 0.25) is 5.91 Å². The van der Waals surface area contributed by atoms with Crippen LogP contribution in [0.1, 0.15) is 48.2 Å². The number of nitrogens with zero attached hydrogens (tertiary/aromatic N) is 4. The molecule has 0 spiro atoms. The first-order chi connectivity index (χ1) is 16.5. The molecule has 34 heavy (non-hydrogen) atoms. The van der Waals surface area contributed by atoms with E-state index in [1.54, 1.807) is 0 Å². The molecule has 2 aromatic carbocycles. The van der Waals surface area contributed by atoms with Gasteiger partial charge in [-0.2, -0.15) is 0 Å². The zero-order valence-electron chi connectivity index (χ0n) is 20.3. The van der Waals surface area contributed by atoms with Crippen LogP contribution in [0.3, 0.4) is 0 Å². The Hall–Kier alpha value is -3.03. The molecule has 7 nitrogen and oxygen atoms in total. The van der Waals surface area contributed by atoms with Crippen LogP contribution in [0.25, 0.3) is 11.1 Å².